The van der Waals surface area contributed by atoms with Gasteiger partial charge in [0, 0.05) is 6.07 Å². The molecule has 0 atom stereocenters. The maximum atomic E-state index is 12.4. The van der Waals surface area contributed by atoms with Crippen LogP contribution in [0.1, 0.15) is 11.3 Å². The van der Waals surface area contributed by atoms with Crippen LogP contribution in [-0.4, -0.2) is 10.2 Å². The zero-order chi connectivity index (χ0) is 15.6. The Hall–Kier alpha value is -2.09. The summed E-state index contributed by atoms with van der Waals surface area (Å²) in [6.45, 7) is 0. The fourth-order valence-electron chi connectivity index (χ4n) is 1.42. The first-order chi connectivity index (χ1) is 9.81. The minimum Gasteiger partial charge on any atom is -0.434 e. The van der Waals surface area contributed by atoms with Crippen molar-refractivity contribution in [2.75, 3.05) is 5.73 Å². The third-order valence-corrected chi connectivity index (χ3v) is 3.14. The Morgan fingerprint density at radius 3 is 2.43 bits per heavy atom. The third-order valence-electron chi connectivity index (χ3n) is 2.34. The van der Waals surface area contributed by atoms with Gasteiger partial charge in [0.25, 0.3) is 0 Å². The molecule has 2 rings (SSSR count). The summed E-state index contributed by atoms with van der Waals surface area (Å²) < 4.78 is 42.9. The molecule has 9 heteroatoms. The van der Waals surface area contributed by atoms with Crippen LogP contribution in [0.4, 0.5) is 18.9 Å². The molecule has 0 saturated carbocycles. The second-order valence-electron chi connectivity index (χ2n) is 3.84. The second kappa shape index (κ2) is 5.72. The minimum absolute atomic E-state index is 0.127. The number of benzene rings is 1. The Morgan fingerprint density at radius 1 is 1.24 bits per heavy atom. The predicted molar refractivity (Wildman–Crippen MR) is 75.4 cm³/mol. The summed E-state index contributed by atoms with van der Waals surface area (Å²) in [5.74, 6) is 0.0842. The number of rotatable bonds is 2. The normalized spacial score (nSPS) is 11.0. The molecular weight excluding hydrogens is 400 g/mol. The fraction of sp³-hybridized carbons (Fsp3) is 0.0833. The monoisotopic (exact) mass is 406 g/mol. The largest absolute Gasteiger partial charge is 0.435 e. The van der Waals surface area contributed by atoms with E-state index in [-0.39, 0.29) is 17.3 Å². The molecule has 1 aromatic heterocycles. The molecule has 1 heterocycles. The molecule has 0 aliphatic rings. The number of nitrogens with zero attached hydrogens (tertiary/aromatic N) is 3. The lowest BCUT2D eigenvalue weighted by Gasteiger charge is -2.10. The highest BCUT2D eigenvalue weighted by Gasteiger charge is 2.33. The average Bonchev–Trinajstić information content (AvgIpc) is 2.42. The van der Waals surface area contributed by atoms with Gasteiger partial charge in [0.05, 0.1) is 20.9 Å². The highest BCUT2D eigenvalue weighted by molar-refractivity contribution is 14.1. The first-order valence-corrected chi connectivity index (χ1v) is 6.47. The van der Waals surface area contributed by atoms with E-state index < -0.39 is 11.9 Å². The molecule has 2 aromatic rings. The minimum atomic E-state index is -4.56. The first kappa shape index (κ1) is 15.3. The topological polar surface area (TPSA) is 84.8 Å². The molecule has 0 aliphatic heterocycles. The number of alkyl halides is 3. The molecule has 0 unspecified atom stereocenters. The molecule has 2 N–H and O–H groups in total. The van der Waals surface area contributed by atoms with E-state index in [0.717, 1.165) is 12.1 Å². The van der Waals surface area contributed by atoms with Gasteiger partial charge in [-0.05, 0) is 40.8 Å². The van der Waals surface area contributed by atoms with Gasteiger partial charge in [-0.3, -0.25) is 0 Å². The fourth-order valence-corrected chi connectivity index (χ4v) is 2.17. The maximum Gasteiger partial charge on any atom is 0.435 e. The molecule has 0 fully saturated rings. The molecule has 5 nitrogen and oxygen atoms in total. The highest BCUT2D eigenvalue weighted by Crippen LogP contribution is 2.33. The second-order valence-corrected chi connectivity index (χ2v) is 5.01. The Balaban J connectivity index is 2.29. The van der Waals surface area contributed by atoms with Crippen LogP contribution < -0.4 is 10.5 Å². The van der Waals surface area contributed by atoms with Crippen molar-refractivity contribution in [3.63, 3.8) is 0 Å². The Morgan fingerprint density at radius 2 is 1.95 bits per heavy atom. The van der Waals surface area contributed by atoms with Crippen molar-refractivity contribution < 1.29 is 17.9 Å². The summed E-state index contributed by atoms with van der Waals surface area (Å²) in [5, 5.41) is 15.2. The standard InChI is InChI=1S/C12H6F3IN4O/c13-12(14,15)9-1-2-10(20-19-9)21-11-7(16)3-6(5-17)4-8(11)18/h1-4H,18H2. The van der Waals surface area contributed by atoms with Crippen molar-refractivity contribution in [1.29, 1.82) is 5.26 Å². The Kier molecular flexibility index (Phi) is 4.17. The number of ether oxygens (including phenoxy) is 1. The molecule has 0 saturated heterocycles. The van der Waals surface area contributed by atoms with E-state index in [0.29, 0.717) is 9.13 Å². The first-order valence-electron chi connectivity index (χ1n) is 5.39. The summed E-state index contributed by atoms with van der Waals surface area (Å²) in [4.78, 5) is 0. The molecule has 1 aromatic carbocycles. The van der Waals surface area contributed by atoms with Crippen LogP contribution in [0.2, 0.25) is 0 Å². The summed E-state index contributed by atoms with van der Waals surface area (Å²) in [5.41, 5.74) is 5.15. The van der Waals surface area contributed by atoms with Crippen molar-refractivity contribution in [3.8, 4) is 17.7 Å². The van der Waals surface area contributed by atoms with Crippen LogP contribution in [0.5, 0.6) is 11.6 Å². The molecule has 0 aliphatic carbocycles. The van der Waals surface area contributed by atoms with Gasteiger partial charge < -0.3 is 10.5 Å². The van der Waals surface area contributed by atoms with E-state index in [9.17, 15) is 13.2 Å². The number of nitriles is 1. The molecule has 108 valence electrons. The number of nitrogen functional groups attached to an aromatic ring is 1. The number of hydrogen-bond acceptors (Lipinski definition) is 5. The number of nitrogens with two attached hydrogens (primary N) is 1. The van der Waals surface area contributed by atoms with E-state index in [1.54, 1.807) is 0 Å². The smallest absolute Gasteiger partial charge is 0.434 e. The van der Waals surface area contributed by atoms with Gasteiger partial charge in [0.2, 0.25) is 5.88 Å². The molecule has 0 spiro atoms. The van der Waals surface area contributed by atoms with E-state index >= 15 is 0 Å². The average molecular weight is 406 g/mol. The lowest BCUT2D eigenvalue weighted by molar-refractivity contribution is -0.141. The number of aromatic nitrogens is 2. The van der Waals surface area contributed by atoms with Crippen molar-refractivity contribution in [2.45, 2.75) is 6.18 Å². The van der Waals surface area contributed by atoms with Crippen LogP contribution >= 0.6 is 22.6 Å². The van der Waals surface area contributed by atoms with E-state index in [1.807, 2.05) is 28.7 Å². The van der Waals surface area contributed by atoms with Crippen LogP contribution in [0.3, 0.4) is 0 Å². The van der Waals surface area contributed by atoms with Gasteiger partial charge in [-0.2, -0.15) is 18.4 Å². The SMILES string of the molecule is N#Cc1cc(N)c(Oc2ccc(C(F)(F)F)nn2)c(I)c1. The van der Waals surface area contributed by atoms with Gasteiger partial charge in [0.15, 0.2) is 11.4 Å². The van der Waals surface area contributed by atoms with Crippen molar-refractivity contribution in [2.24, 2.45) is 0 Å². The lowest BCUT2D eigenvalue weighted by Crippen LogP contribution is -2.09. The van der Waals surface area contributed by atoms with Crippen molar-refractivity contribution in [1.82, 2.24) is 10.2 Å². The Labute approximate surface area is 130 Å². The lowest BCUT2D eigenvalue weighted by atomic mass is 10.2. The zero-order valence-corrected chi connectivity index (χ0v) is 12.3. The molecular formula is C12H6F3IN4O. The molecule has 0 bridgehead atoms. The summed E-state index contributed by atoms with van der Waals surface area (Å²) in [7, 11) is 0. The van der Waals surface area contributed by atoms with Crippen molar-refractivity contribution >= 4 is 28.3 Å². The van der Waals surface area contributed by atoms with Crippen LogP contribution in [-0.2, 0) is 6.18 Å². The molecule has 0 amide bonds. The van der Waals surface area contributed by atoms with E-state index in [1.165, 1.54) is 12.1 Å². The number of anilines is 1. The Bertz CT molecular complexity index is 687. The zero-order valence-electron chi connectivity index (χ0n) is 10.1. The molecule has 0 radical (unpaired) electrons. The van der Waals surface area contributed by atoms with Gasteiger partial charge in [-0.1, -0.05) is 0 Å². The van der Waals surface area contributed by atoms with Crippen LogP contribution in [0, 0.1) is 14.9 Å². The van der Waals surface area contributed by atoms with Gasteiger partial charge in [-0.15, -0.1) is 10.2 Å². The van der Waals surface area contributed by atoms with E-state index in [2.05, 4.69) is 10.2 Å². The van der Waals surface area contributed by atoms with Crippen LogP contribution in [0.15, 0.2) is 24.3 Å². The maximum absolute atomic E-state index is 12.4. The quantitative estimate of drug-likeness (QED) is 0.611. The summed E-state index contributed by atoms with van der Waals surface area (Å²) >= 11 is 1.90. The third kappa shape index (κ3) is 3.52. The summed E-state index contributed by atoms with van der Waals surface area (Å²) in [6.07, 6.45) is -4.56. The number of halogens is 4. The summed E-state index contributed by atoms with van der Waals surface area (Å²) in [6, 6.07) is 6.66. The van der Waals surface area contributed by atoms with Crippen LogP contribution in [0.25, 0.3) is 0 Å². The van der Waals surface area contributed by atoms with Gasteiger partial charge in [-0.25, -0.2) is 0 Å². The van der Waals surface area contributed by atoms with Gasteiger partial charge >= 0.3 is 6.18 Å². The van der Waals surface area contributed by atoms with Crippen molar-refractivity contribution in [3.05, 3.63) is 39.1 Å². The highest BCUT2D eigenvalue weighted by atomic mass is 127. The molecule has 21 heavy (non-hydrogen) atoms. The van der Waals surface area contributed by atoms with E-state index in [4.69, 9.17) is 15.7 Å². The van der Waals surface area contributed by atoms with Gasteiger partial charge in [0.1, 0.15) is 0 Å². The number of hydrogen-bond donors (Lipinski definition) is 1. The predicted octanol–water partition coefficient (Wildman–Crippen LogP) is 3.35.